The van der Waals surface area contributed by atoms with Gasteiger partial charge in [-0.1, -0.05) is 0 Å². The lowest BCUT2D eigenvalue weighted by Crippen LogP contribution is -2.46. The lowest BCUT2D eigenvalue weighted by Gasteiger charge is -2.37. The van der Waals surface area contributed by atoms with E-state index in [1.54, 1.807) is 0 Å². The average molecular weight is 275 g/mol. The number of carbonyl (C=O) groups is 1. The molecule has 1 saturated heterocycles. The molecule has 0 saturated carbocycles. The molecule has 2 aromatic heterocycles. The summed E-state index contributed by atoms with van der Waals surface area (Å²) < 4.78 is 0. The van der Waals surface area contributed by atoms with Crippen LogP contribution < -0.4 is 5.01 Å². The first kappa shape index (κ1) is 12.9. The van der Waals surface area contributed by atoms with Gasteiger partial charge in [-0.25, -0.2) is 15.0 Å². The van der Waals surface area contributed by atoms with E-state index in [2.05, 4.69) is 20.0 Å². The van der Waals surface area contributed by atoms with Gasteiger partial charge in [0.05, 0.1) is 11.3 Å². The number of carboxylic acids is 1. The maximum atomic E-state index is 11.0. The van der Waals surface area contributed by atoms with Crippen molar-refractivity contribution in [1.82, 2.24) is 20.0 Å². The van der Waals surface area contributed by atoms with Crippen molar-refractivity contribution in [3.63, 3.8) is 0 Å². The molecule has 0 atom stereocenters. The van der Waals surface area contributed by atoms with Crippen LogP contribution in [0.1, 0.15) is 12.8 Å². The van der Waals surface area contributed by atoms with Crippen molar-refractivity contribution in [1.29, 1.82) is 0 Å². The first-order valence-corrected chi connectivity index (χ1v) is 6.66. The zero-order valence-corrected chi connectivity index (χ0v) is 11.3. The van der Waals surface area contributed by atoms with Gasteiger partial charge in [-0.05, 0) is 18.9 Å². The van der Waals surface area contributed by atoms with Gasteiger partial charge in [-0.15, -0.1) is 0 Å². The molecule has 0 bridgehead atoms. The van der Waals surface area contributed by atoms with Crippen molar-refractivity contribution < 1.29 is 9.90 Å². The number of nitrogens with zero attached hydrogens (tertiary/aromatic N) is 4. The van der Waals surface area contributed by atoms with E-state index in [1.165, 1.54) is 6.33 Å². The molecule has 1 aliphatic heterocycles. The van der Waals surface area contributed by atoms with Crippen LogP contribution in [0.2, 0.25) is 0 Å². The number of piperidine rings is 1. The number of hydrogen-bond acceptors (Lipinski definition) is 5. The van der Waals surface area contributed by atoms with Crippen LogP contribution in [0.15, 0.2) is 18.6 Å². The number of aromatic nitrogens is 3. The lowest BCUT2D eigenvalue weighted by atomic mass is 9.98. The number of anilines is 1. The van der Waals surface area contributed by atoms with E-state index in [1.807, 2.05) is 24.3 Å². The van der Waals surface area contributed by atoms with Crippen molar-refractivity contribution in [2.45, 2.75) is 12.8 Å². The van der Waals surface area contributed by atoms with Gasteiger partial charge in [-0.3, -0.25) is 9.80 Å². The van der Waals surface area contributed by atoms with E-state index in [9.17, 15) is 4.79 Å². The Morgan fingerprint density at radius 2 is 2.20 bits per heavy atom. The van der Waals surface area contributed by atoms with Gasteiger partial charge < -0.3 is 10.1 Å². The van der Waals surface area contributed by atoms with Crippen LogP contribution in [0.25, 0.3) is 11.0 Å². The van der Waals surface area contributed by atoms with E-state index in [4.69, 9.17) is 5.11 Å². The Labute approximate surface area is 116 Å². The van der Waals surface area contributed by atoms with Crippen LogP contribution in [0.5, 0.6) is 0 Å². The molecule has 20 heavy (non-hydrogen) atoms. The van der Waals surface area contributed by atoms with E-state index in [0.717, 1.165) is 29.9 Å². The number of fused-ring (bicyclic) bond motifs is 1. The molecule has 0 aliphatic carbocycles. The van der Waals surface area contributed by atoms with Crippen LogP contribution in [0, 0.1) is 5.92 Å². The fraction of sp³-hybridized carbons (Fsp3) is 0.462. The summed E-state index contributed by atoms with van der Waals surface area (Å²) in [4.78, 5) is 22.6. The van der Waals surface area contributed by atoms with Crippen LogP contribution in [0.4, 0.5) is 5.82 Å². The molecule has 7 nitrogen and oxygen atoms in total. The largest absolute Gasteiger partial charge is 0.481 e. The van der Waals surface area contributed by atoms with Gasteiger partial charge in [0.25, 0.3) is 0 Å². The first-order valence-electron chi connectivity index (χ1n) is 6.66. The molecule has 1 fully saturated rings. The Morgan fingerprint density at radius 1 is 1.45 bits per heavy atom. The molecule has 2 N–H and O–H groups in total. The second kappa shape index (κ2) is 5.09. The summed E-state index contributed by atoms with van der Waals surface area (Å²) in [6, 6.07) is 1.95. The molecule has 1 aliphatic rings. The van der Waals surface area contributed by atoms with Gasteiger partial charge >= 0.3 is 5.97 Å². The predicted octanol–water partition coefficient (Wildman–Crippen LogP) is 1.11. The van der Waals surface area contributed by atoms with Gasteiger partial charge in [0.1, 0.15) is 12.0 Å². The predicted molar refractivity (Wildman–Crippen MR) is 74.2 cm³/mol. The van der Waals surface area contributed by atoms with E-state index in [0.29, 0.717) is 12.8 Å². The number of aromatic amines is 1. The van der Waals surface area contributed by atoms with Crippen molar-refractivity contribution in [3.05, 3.63) is 18.6 Å². The average Bonchev–Trinajstić information content (AvgIpc) is 2.95. The molecule has 0 spiro atoms. The highest BCUT2D eigenvalue weighted by Crippen LogP contribution is 2.25. The number of hydrazine groups is 1. The van der Waals surface area contributed by atoms with Gasteiger partial charge in [-0.2, -0.15) is 0 Å². The second-order valence-electron chi connectivity index (χ2n) is 5.03. The van der Waals surface area contributed by atoms with Crippen LogP contribution >= 0.6 is 0 Å². The molecular formula is C13H17N5O2. The van der Waals surface area contributed by atoms with Gasteiger partial charge in [0, 0.05) is 26.3 Å². The third-order valence-corrected chi connectivity index (χ3v) is 3.88. The van der Waals surface area contributed by atoms with E-state index in [-0.39, 0.29) is 5.92 Å². The molecule has 0 unspecified atom stereocenters. The highest BCUT2D eigenvalue weighted by atomic mass is 16.4. The fourth-order valence-electron chi connectivity index (χ4n) is 2.66. The van der Waals surface area contributed by atoms with Crippen LogP contribution in [0.3, 0.4) is 0 Å². The molecular weight excluding hydrogens is 258 g/mol. The van der Waals surface area contributed by atoms with Crippen molar-refractivity contribution in [3.8, 4) is 0 Å². The normalized spacial score (nSPS) is 17.4. The number of hydrogen-bond donors (Lipinski definition) is 2. The van der Waals surface area contributed by atoms with Gasteiger partial charge in [0.2, 0.25) is 0 Å². The van der Waals surface area contributed by atoms with E-state index >= 15 is 0 Å². The molecule has 3 heterocycles. The Bertz CT molecular complexity index is 618. The highest BCUT2D eigenvalue weighted by molar-refractivity contribution is 5.86. The Balaban J connectivity index is 1.78. The quantitative estimate of drug-likeness (QED) is 0.872. The summed E-state index contributed by atoms with van der Waals surface area (Å²) in [5.41, 5.74) is 0.808. The number of rotatable bonds is 3. The Kier molecular flexibility index (Phi) is 3.27. The zero-order chi connectivity index (χ0) is 14.1. The summed E-state index contributed by atoms with van der Waals surface area (Å²) >= 11 is 0. The number of nitrogens with one attached hydrogen (secondary N) is 1. The minimum Gasteiger partial charge on any atom is -0.481 e. The minimum atomic E-state index is -0.692. The molecule has 0 aromatic carbocycles. The first-order chi connectivity index (χ1) is 9.66. The minimum absolute atomic E-state index is 0.225. The van der Waals surface area contributed by atoms with Crippen molar-refractivity contribution >= 4 is 22.8 Å². The summed E-state index contributed by atoms with van der Waals surface area (Å²) in [6.07, 6.45) is 4.71. The third kappa shape index (κ3) is 2.20. The molecule has 0 radical (unpaired) electrons. The number of H-pyrrole nitrogens is 1. The Hall–Kier alpha value is -2.15. The van der Waals surface area contributed by atoms with Crippen molar-refractivity contribution in [2.24, 2.45) is 5.92 Å². The number of aliphatic carboxylic acids is 1. The van der Waals surface area contributed by atoms with Crippen LogP contribution in [-0.2, 0) is 4.79 Å². The SMILES string of the molecule is CN(c1ncnc2[nH]ccc12)N1CCC(C(=O)O)CC1. The smallest absolute Gasteiger partial charge is 0.306 e. The zero-order valence-electron chi connectivity index (χ0n) is 11.3. The van der Waals surface area contributed by atoms with Gasteiger partial charge in [0.15, 0.2) is 5.82 Å². The molecule has 7 heteroatoms. The van der Waals surface area contributed by atoms with E-state index < -0.39 is 5.97 Å². The fourth-order valence-corrected chi connectivity index (χ4v) is 2.66. The summed E-state index contributed by atoms with van der Waals surface area (Å²) in [5, 5.41) is 14.1. The second-order valence-corrected chi connectivity index (χ2v) is 5.03. The lowest BCUT2D eigenvalue weighted by molar-refractivity contribution is -0.143. The number of carboxylic acid groups (broad SMARTS) is 1. The monoisotopic (exact) mass is 275 g/mol. The maximum absolute atomic E-state index is 11.0. The Morgan fingerprint density at radius 3 is 2.90 bits per heavy atom. The highest BCUT2D eigenvalue weighted by Gasteiger charge is 2.27. The summed E-state index contributed by atoms with van der Waals surface area (Å²) in [6.45, 7) is 1.45. The third-order valence-electron chi connectivity index (χ3n) is 3.88. The summed E-state index contributed by atoms with van der Waals surface area (Å²) in [7, 11) is 1.95. The molecule has 3 rings (SSSR count). The molecule has 106 valence electrons. The standard InChI is InChI=1S/C13H17N5O2/c1-17(18-6-3-9(4-7-18)13(19)20)12-10-2-5-14-11(10)15-8-16-12/h2,5,8-9H,3-4,6-7H2,1H3,(H,19,20)(H,14,15,16). The van der Waals surface area contributed by atoms with Crippen LogP contribution in [-0.4, -0.2) is 51.2 Å². The maximum Gasteiger partial charge on any atom is 0.306 e. The molecule has 2 aromatic rings. The topological polar surface area (TPSA) is 85.4 Å². The summed E-state index contributed by atoms with van der Waals surface area (Å²) in [5.74, 6) is -0.0790. The van der Waals surface area contributed by atoms with Crippen molar-refractivity contribution in [2.75, 3.05) is 25.1 Å². The molecule has 0 amide bonds.